The van der Waals surface area contributed by atoms with Crippen molar-refractivity contribution in [2.75, 3.05) is 6.61 Å². The molecule has 4 unspecified atom stereocenters. The maximum absolute atomic E-state index is 15.2. The zero-order chi connectivity index (χ0) is 23.4. The van der Waals surface area contributed by atoms with Crippen LogP contribution in [0.4, 0.5) is 13.2 Å². The molecule has 2 aliphatic rings. The number of allylic oxidation sites excluding steroid dienone is 1. The van der Waals surface area contributed by atoms with Gasteiger partial charge in [-0.3, -0.25) is 0 Å². The second-order valence-corrected chi connectivity index (χ2v) is 9.65. The Morgan fingerprint density at radius 2 is 1.67 bits per heavy atom. The Labute approximate surface area is 195 Å². The molecule has 0 bridgehead atoms. The number of hydrogen-bond donors (Lipinski definition) is 0. The number of rotatable bonds is 8. The Bertz CT molecular complexity index is 999. The fraction of sp³-hybridized carbons (Fsp3) is 0.448. The van der Waals surface area contributed by atoms with Crippen molar-refractivity contribution in [1.82, 2.24) is 0 Å². The smallest absolute Gasteiger partial charge is 0.166 e. The molecule has 0 aliphatic heterocycles. The zero-order valence-electron chi connectivity index (χ0n) is 19.2. The molecule has 0 N–H and O–H groups in total. The van der Waals surface area contributed by atoms with E-state index in [4.69, 9.17) is 4.74 Å². The summed E-state index contributed by atoms with van der Waals surface area (Å²) in [6.45, 7) is 7.54. The maximum Gasteiger partial charge on any atom is 0.166 e. The molecule has 2 saturated carbocycles. The third-order valence-corrected chi connectivity index (χ3v) is 7.65. The van der Waals surface area contributed by atoms with Crippen molar-refractivity contribution < 1.29 is 17.9 Å². The van der Waals surface area contributed by atoms with E-state index in [1.165, 1.54) is 43.9 Å². The molecule has 4 atom stereocenters. The molecule has 2 fully saturated rings. The van der Waals surface area contributed by atoms with Crippen LogP contribution in [0.5, 0.6) is 5.75 Å². The van der Waals surface area contributed by atoms with E-state index in [-0.39, 0.29) is 23.8 Å². The average Bonchev–Trinajstić information content (AvgIpc) is 2.83. The number of benzene rings is 2. The summed E-state index contributed by atoms with van der Waals surface area (Å²) in [5.74, 6) is -0.101. The Balaban J connectivity index is 1.48. The van der Waals surface area contributed by atoms with Crippen molar-refractivity contribution >= 4 is 0 Å². The number of fused-ring (bicyclic) bond motifs is 1. The van der Waals surface area contributed by atoms with Crippen molar-refractivity contribution in [1.29, 1.82) is 0 Å². The van der Waals surface area contributed by atoms with Gasteiger partial charge in [-0.25, -0.2) is 13.2 Å². The van der Waals surface area contributed by atoms with Gasteiger partial charge in [0.15, 0.2) is 23.2 Å². The van der Waals surface area contributed by atoms with Crippen LogP contribution in [0.25, 0.3) is 11.1 Å². The average molecular weight is 455 g/mol. The van der Waals surface area contributed by atoms with Crippen molar-refractivity contribution in [3.63, 3.8) is 0 Å². The van der Waals surface area contributed by atoms with Crippen molar-refractivity contribution in [2.24, 2.45) is 17.8 Å². The quantitative estimate of drug-likeness (QED) is 0.363. The van der Waals surface area contributed by atoms with Crippen LogP contribution in [0.15, 0.2) is 55.6 Å². The summed E-state index contributed by atoms with van der Waals surface area (Å²) in [4.78, 5) is 0. The first-order valence-corrected chi connectivity index (χ1v) is 12.1. The lowest BCUT2D eigenvalue weighted by atomic mass is 9.63. The zero-order valence-corrected chi connectivity index (χ0v) is 19.2. The Morgan fingerprint density at radius 3 is 2.42 bits per heavy atom. The third kappa shape index (κ3) is 5.20. The van der Waals surface area contributed by atoms with E-state index in [1.807, 2.05) is 6.08 Å². The molecule has 0 heterocycles. The summed E-state index contributed by atoms with van der Waals surface area (Å²) in [6.07, 6.45) is 12.4. The van der Waals surface area contributed by atoms with Gasteiger partial charge >= 0.3 is 0 Å². The van der Waals surface area contributed by atoms with Gasteiger partial charge in [-0.2, -0.15) is 0 Å². The molecule has 0 saturated heterocycles. The second kappa shape index (κ2) is 10.6. The number of ether oxygens (including phenoxy) is 1. The summed E-state index contributed by atoms with van der Waals surface area (Å²) in [7, 11) is 0. The van der Waals surface area contributed by atoms with Crippen LogP contribution >= 0.6 is 0 Å². The maximum atomic E-state index is 15.2. The Kier molecular flexibility index (Phi) is 7.62. The van der Waals surface area contributed by atoms with Crippen molar-refractivity contribution in [2.45, 2.75) is 57.3 Å². The van der Waals surface area contributed by atoms with Crippen LogP contribution in [-0.2, 0) is 0 Å². The SMILES string of the molecule is C=CCCC1CCC2CC(c3ccc(-c4ccc(OCC=C)c(F)c4)c(F)c3F)CCC2C1. The second-order valence-electron chi connectivity index (χ2n) is 9.65. The molecule has 0 aromatic heterocycles. The Hall–Kier alpha value is -2.49. The molecule has 0 spiro atoms. The summed E-state index contributed by atoms with van der Waals surface area (Å²) >= 11 is 0. The molecule has 0 radical (unpaired) electrons. The van der Waals surface area contributed by atoms with Crippen LogP contribution in [0.1, 0.15) is 62.8 Å². The monoisotopic (exact) mass is 454 g/mol. The Morgan fingerprint density at radius 1 is 0.879 bits per heavy atom. The molecule has 0 amide bonds. The molecule has 2 aromatic carbocycles. The normalized spacial score (nSPS) is 24.7. The first kappa shape index (κ1) is 23.7. The van der Waals surface area contributed by atoms with E-state index < -0.39 is 17.5 Å². The molecule has 176 valence electrons. The highest BCUT2D eigenvalue weighted by atomic mass is 19.2. The highest BCUT2D eigenvalue weighted by Gasteiger charge is 2.37. The molecule has 4 rings (SSSR count). The van der Waals surface area contributed by atoms with Gasteiger partial charge in [-0.1, -0.05) is 43.4 Å². The minimum Gasteiger partial charge on any atom is -0.486 e. The van der Waals surface area contributed by atoms with Crippen LogP contribution < -0.4 is 4.74 Å². The van der Waals surface area contributed by atoms with Gasteiger partial charge in [-0.15, -0.1) is 6.58 Å². The molecule has 2 aromatic rings. The third-order valence-electron chi connectivity index (χ3n) is 7.65. The minimum absolute atomic E-state index is 0.0472. The first-order chi connectivity index (χ1) is 16.0. The molecule has 2 aliphatic carbocycles. The van der Waals surface area contributed by atoms with Crippen LogP contribution in [0.2, 0.25) is 0 Å². The topological polar surface area (TPSA) is 9.23 Å². The molecular weight excluding hydrogens is 421 g/mol. The summed E-state index contributed by atoms with van der Waals surface area (Å²) in [5.41, 5.74) is 0.833. The molecule has 33 heavy (non-hydrogen) atoms. The lowest BCUT2D eigenvalue weighted by Gasteiger charge is -2.42. The molecule has 4 heteroatoms. The van der Waals surface area contributed by atoms with Gasteiger partial charge < -0.3 is 4.74 Å². The predicted octanol–water partition coefficient (Wildman–Crippen LogP) is 8.60. The standard InChI is InChI=1S/C29H33F3O/c1-3-5-6-19-7-8-21-17-22(10-9-20(21)16-19)24-12-13-25(29(32)28(24)31)23-11-14-27(26(30)18-23)33-15-4-2/h3-4,11-14,18-22H,1-2,5-10,15-17H2. The van der Waals surface area contributed by atoms with E-state index in [1.54, 1.807) is 18.2 Å². The van der Waals surface area contributed by atoms with Crippen molar-refractivity contribution in [3.8, 4) is 16.9 Å². The highest BCUT2D eigenvalue weighted by Crippen LogP contribution is 2.49. The fourth-order valence-electron chi connectivity index (χ4n) is 5.92. The van der Waals surface area contributed by atoms with Crippen LogP contribution in [0.3, 0.4) is 0 Å². The summed E-state index contributed by atoms with van der Waals surface area (Å²) in [6, 6.07) is 7.46. The van der Waals surface area contributed by atoms with E-state index in [9.17, 15) is 4.39 Å². The van der Waals surface area contributed by atoms with Gasteiger partial charge in [-0.05, 0) is 91.9 Å². The van der Waals surface area contributed by atoms with Crippen molar-refractivity contribution in [3.05, 3.63) is 78.7 Å². The van der Waals surface area contributed by atoms with Crippen LogP contribution in [-0.4, -0.2) is 6.61 Å². The van der Waals surface area contributed by atoms with Gasteiger partial charge in [0.1, 0.15) is 6.61 Å². The molecule has 1 nitrogen and oxygen atoms in total. The summed E-state index contributed by atoms with van der Waals surface area (Å²) in [5, 5.41) is 0. The van der Waals surface area contributed by atoms with Gasteiger partial charge in [0, 0.05) is 5.56 Å². The van der Waals surface area contributed by atoms with E-state index in [0.717, 1.165) is 31.6 Å². The highest BCUT2D eigenvalue weighted by molar-refractivity contribution is 5.66. The van der Waals surface area contributed by atoms with Gasteiger partial charge in [0.2, 0.25) is 0 Å². The number of halogens is 3. The van der Waals surface area contributed by atoms with E-state index in [0.29, 0.717) is 23.0 Å². The number of hydrogen-bond acceptors (Lipinski definition) is 1. The lowest BCUT2D eigenvalue weighted by Crippen LogP contribution is -2.30. The first-order valence-electron chi connectivity index (χ1n) is 12.1. The van der Waals surface area contributed by atoms with Crippen LogP contribution in [0, 0.1) is 35.2 Å². The lowest BCUT2D eigenvalue weighted by molar-refractivity contribution is 0.114. The van der Waals surface area contributed by atoms with Gasteiger partial charge in [0.05, 0.1) is 0 Å². The minimum atomic E-state index is -0.901. The summed E-state index contributed by atoms with van der Waals surface area (Å²) < 4.78 is 49.8. The predicted molar refractivity (Wildman–Crippen MR) is 128 cm³/mol. The van der Waals surface area contributed by atoms with Gasteiger partial charge in [0.25, 0.3) is 0 Å². The van der Waals surface area contributed by atoms with E-state index >= 15 is 8.78 Å². The fourth-order valence-corrected chi connectivity index (χ4v) is 5.92. The van der Waals surface area contributed by atoms with E-state index in [2.05, 4.69) is 13.2 Å². The molecular formula is C29H33F3O. The largest absolute Gasteiger partial charge is 0.486 e.